The molecule has 1 unspecified atom stereocenters. The minimum Gasteiger partial charge on any atom is -0.453 e. The maximum Gasteiger partial charge on any atom is 0.198 e. The minimum absolute atomic E-state index is 0.133. The molecule has 4 heteroatoms. The van der Waals surface area contributed by atoms with Gasteiger partial charge in [0.05, 0.1) is 12.3 Å². The van der Waals surface area contributed by atoms with Gasteiger partial charge in [-0.2, -0.15) is 0 Å². The van der Waals surface area contributed by atoms with Crippen LogP contribution in [0.3, 0.4) is 0 Å². The molecular weight excluding hydrogens is 260 g/mol. The molecule has 100 valence electrons. The quantitative estimate of drug-likeness (QED) is 0.660. The summed E-state index contributed by atoms with van der Waals surface area (Å²) in [5.41, 5.74) is 6.20. The van der Waals surface area contributed by atoms with E-state index < -0.39 is 0 Å². The van der Waals surface area contributed by atoms with Gasteiger partial charge in [0.15, 0.2) is 5.22 Å². The molecule has 0 spiro atoms. The Hall–Kier alpha value is -1.29. The lowest BCUT2D eigenvalue weighted by Gasteiger charge is -2.27. The van der Waals surface area contributed by atoms with Crippen LogP contribution >= 0.6 is 11.6 Å². The first-order valence-corrected chi connectivity index (χ1v) is 6.96. The van der Waals surface area contributed by atoms with Gasteiger partial charge in [-0.3, -0.25) is 5.84 Å². The Morgan fingerprint density at radius 2 is 2.16 bits per heavy atom. The van der Waals surface area contributed by atoms with E-state index in [1.807, 2.05) is 6.07 Å². The van der Waals surface area contributed by atoms with Crippen molar-refractivity contribution >= 4 is 11.6 Å². The number of nitrogens with two attached hydrogens (primary N) is 1. The first-order valence-electron chi connectivity index (χ1n) is 6.58. The summed E-state index contributed by atoms with van der Waals surface area (Å²) in [6, 6.07) is 10.3. The number of furan rings is 1. The Labute approximate surface area is 117 Å². The maximum atomic E-state index is 6.04. The van der Waals surface area contributed by atoms with Gasteiger partial charge in [0.25, 0.3) is 0 Å². The lowest BCUT2D eigenvalue weighted by molar-refractivity contribution is 0.419. The van der Waals surface area contributed by atoms with E-state index in [-0.39, 0.29) is 6.04 Å². The second-order valence-corrected chi connectivity index (χ2v) is 5.39. The molecule has 1 aromatic heterocycles. The zero-order valence-corrected chi connectivity index (χ0v) is 11.4. The smallest absolute Gasteiger partial charge is 0.198 e. The zero-order valence-electron chi connectivity index (χ0n) is 10.6. The van der Waals surface area contributed by atoms with Gasteiger partial charge >= 0.3 is 0 Å². The minimum atomic E-state index is -0.133. The van der Waals surface area contributed by atoms with Crippen molar-refractivity contribution in [2.75, 3.05) is 0 Å². The Balaban J connectivity index is 1.93. The molecule has 3 N–H and O–H groups in total. The van der Waals surface area contributed by atoms with Gasteiger partial charge < -0.3 is 4.42 Å². The summed E-state index contributed by atoms with van der Waals surface area (Å²) in [6.45, 7) is 0. The van der Waals surface area contributed by atoms with Gasteiger partial charge in [-0.1, -0.05) is 30.7 Å². The summed E-state index contributed by atoms with van der Waals surface area (Å²) in [4.78, 5) is 0. The number of hydrogen-bond acceptors (Lipinski definition) is 3. The second kappa shape index (κ2) is 5.37. The van der Waals surface area contributed by atoms with Gasteiger partial charge in [0.2, 0.25) is 0 Å². The zero-order chi connectivity index (χ0) is 13.2. The van der Waals surface area contributed by atoms with E-state index in [0.29, 0.717) is 11.1 Å². The van der Waals surface area contributed by atoms with Crippen LogP contribution in [-0.2, 0) is 0 Å². The fraction of sp³-hybridized carbons (Fsp3) is 0.333. The van der Waals surface area contributed by atoms with Crippen LogP contribution in [-0.4, -0.2) is 0 Å². The topological polar surface area (TPSA) is 51.2 Å². The number of halogens is 1. The van der Waals surface area contributed by atoms with E-state index in [1.165, 1.54) is 24.8 Å². The van der Waals surface area contributed by atoms with E-state index >= 15 is 0 Å². The average molecular weight is 277 g/mol. The summed E-state index contributed by atoms with van der Waals surface area (Å²) in [7, 11) is 0. The predicted octanol–water partition coefficient (Wildman–Crippen LogP) is 3.75. The van der Waals surface area contributed by atoms with Crippen LogP contribution in [0.4, 0.5) is 0 Å². The van der Waals surface area contributed by atoms with Crippen molar-refractivity contribution in [3.8, 4) is 0 Å². The third-order valence-corrected chi connectivity index (χ3v) is 4.25. The highest BCUT2D eigenvalue weighted by atomic mass is 35.5. The number of hydrogen-bond donors (Lipinski definition) is 2. The summed E-state index contributed by atoms with van der Waals surface area (Å²) in [6.07, 6.45) is 5.49. The first kappa shape index (κ1) is 12.7. The SMILES string of the molecule is NNC(c1cccc(C2CCC2)c1)c1ccoc1Cl. The molecule has 1 aliphatic carbocycles. The summed E-state index contributed by atoms with van der Waals surface area (Å²) < 4.78 is 5.15. The molecule has 1 saturated carbocycles. The van der Waals surface area contributed by atoms with Gasteiger partial charge in [-0.15, -0.1) is 0 Å². The molecule has 3 nitrogen and oxygen atoms in total. The molecule has 0 saturated heterocycles. The van der Waals surface area contributed by atoms with Gasteiger partial charge in [0.1, 0.15) is 0 Å². The predicted molar refractivity (Wildman–Crippen MR) is 75.9 cm³/mol. The monoisotopic (exact) mass is 276 g/mol. The van der Waals surface area contributed by atoms with Crippen molar-refractivity contribution in [2.45, 2.75) is 31.2 Å². The number of rotatable bonds is 4. The molecule has 0 radical (unpaired) electrons. The third-order valence-electron chi connectivity index (χ3n) is 3.94. The van der Waals surface area contributed by atoms with Crippen molar-refractivity contribution < 1.29 is 4.42 Å². The van der Waals surface area contributed by atoms with Crippen LogP contribution in [0.1, 0.15) is 47.9 Å². The van der Waals surface area contributed by atoms with Gasteiger partial charge in [-0.05, 0) is 47.6 Å². The summed E-state index contributed by atoms with van der Waals surface area (Å²) in [5.74, 6) is 6.39. The first-order chi connectivity index (χ1) is 9.29. The molecule has 1 aliphatic rings. The highest BCUT2D eigenvalue weighted by Gasteiger charge is 2.22. The summed E-state index contributed by atoms with van der Waals surface area (Å²) >= 11 is 6.04. The Morgan fingerprint density at radius 3 is 2.74 bits per heavy atom. The lowest BCUT2D eigenvalue weighted by atomic mass is 9.79. The van der Waals surface area contributed by atoms with E-state index in [4.69, 9.17) is 21.9 Å². The molecule has 19 heavy (non-hydrogen) atoms. The number of nitrogens with one attached hydrogen (secondary N) is 1. The number of benzene rings is 1. The van der Waals surface area contributed by atoms with E-state index in [0.717, 1.165) is 11.1 Å². The Kier molecular flexibility index (Phi) is 3.60. The van der Waals surface area contributed by atoms with E-state index in [2.05, 4.69) is 29.7 Å². The molecule has 0 bridgehead atoms. The molecule has 3 rings (SSSR count). The molecule has 1 aromatic carbocycles. The van der Waals surface area contributed by atoms with Gasteiger partial charge in [0, 0.05) is 5.56 Å². The van der Waals surface area contributed by atoms with Gasteiger partial charge in [-0.25, -0.2) is 5.43 Å². The average Bonchev–Trinajstić information content (AvgIpc) is 2.75. The Morgan fingerprint density at radius 1 is 1.32 bits per heavy atom. The molecule has 0 aliphatic heterocycles. The fourth-order valence-electron chi connectivity index (χ4n) is 2.61. The highest BCUT2D eigenvalue weighted by molar-refractivity contribution is 6.29. The molecule has 1 fully saturated rings. The summed E-state index contributed by atoms with van der Waals surface area (Å²) in [5, 5.41) is 0.386. The van der Waals surface area contributed by atoms with Crippen LogP contribution in [0.15, 0.2) is 41.0 Å². The third kappa shape index (κ3) is 2.41. The van der Waals surface area contributed by atoms with Crippen molar-refractivity contribution in [3.05, 3.63) is 58.5 Å². The van der Waals surface area contributed by atoms with E-state index in [9.17, 15) is 0 Å². The molecule has 2 aromatic rings. The van der Waals surface area contributed by atoms with Crippen molar-refractivity contribution in [1.29, 1.82) is 0 Å². The standard InChI is InChI=1S/C15H17ClN2O/c16-15-13(7-8-19-15)14(18-17)12-6-2-5-11(9-12)10-3-1-4-10/h2,5-10,14,18H,1,3-4,17H2. The van der Waals surface area contributed by atoms with Crippen LogP contribution in [0.25, 0.3) is 0 Å². The molecular formula is C15H17ClN2O. The van der Waals surface area contributed by atoms with Crippen molar-refractivity contribution in [1.82, 2.24) is 5.43 Å². The largest absolute Gasteiger partial charge is 0.453 e. The normalized spacial score (nSPS) is 17.2. The lowest BCUT2D eigenvalue weighted by Crippen LogP contribution is -2.28. The van der Waals surface area contributed by atoms with Crippen LogP contribution < -0.4 is 11.3 Å². The van der Waals surface area contributed by atoms with Crippen LogP contribution in [0.5, 0.6) is 0 Å². The van der Waals surface area contributed by atoms with Crippen molar-refractivity contribution in [3.63, 3.8) is 0 Å². The number of hydrazine groups is 1. The molecule has 1 heterocycles. The molecule has 0 amide bonds. The second-order valence-electron chi connectivity index (χ2n) is 5.05. The highest BCUT2D eigenvalue weighted by Crippen LogP contribution is 2.38. The fourth-order valence-corrected chi connectivity index (χ4v) is 2.83. The van der Waals surface area contributed by atoms with Crippen molar-refractivity contribution in [2.24, 2.45) is 5.84 Å². The van der Waals surface area contributed by atoms with Crippen LogP contribution in [0.2, 0.25) is 5.22 Å². The van der Waals surface area contributed by atoms with E-state index in [1.54, 1.807) is 6.26 Å². The maximum absolute atomic E-state index is 6.04. The molecule has 1 atom stereocenters. The van der Waals surface area contributed by atoms with Crippen LogP contribution in [0, 0.1) is 0 Å². The Bertz CT molecular complexity index is 563.